The maximum atomic E-state index is 14.1. The molecule has 32 heavy (non-hydrogen) atoms. The molecule has 0 fully saturated rings. The molecule has 0 aliphatic carbocycles. The Labute approximate surface area is 198 Å². The molecule has 2 aromatic rings. The molecule has 0 aromatic heterocycles. The van der Waals surface area contributed by atoms with Crippen LogP contribution in [0.15, 0.2) is 64.4 Å². The van der Waals surface area contributed by atoms with E-state index in [0.717, 1.165) is 6.92 Å². The molecule has 0 radical (unpaired) electrons. The first-order chi connectivity index (χ1) is 15.0. The van der Waals surface area contributed by atoms with Crippen LogP contribution in [0.4, 0.5) is 14.5 Å². The molecule has 0 saturated carbocycles. The molecule has 1 aliphatic heterocycles. The molecular weight excluding hydrogens is 555 g/mol. The van der Waals surface area contributed by atoms with Crippen molar-refractivity contribution in [3.63, 3.8) is 0 Å². The second-order valence-corrected chi connectivity index (χ2v) is 9.79. The Morgan fingerprint density at radius 1 is 1.34 bits per heavy atom. The first-order valence-corrected chi connectivity index (χ1v) is 11.9. The average molecular weight is 575 g/mol. The summed E-state index contributed by atoms with van der Waals surface area (Å²) in [6, 6.07) is 10.5. The van der Waals surface area contributed by atoms with Gasteiger partial charge in [0.1, 0.15) is 11.0 Å². The van der Waals surface area contributed by atoms with Gasteiger partial charge < -0.3 is 15.4 Å². The third kappa shape index (κ3) is 5.51. The molecular formula is C21H20F2IN3O4S. The lowest BCUT2D eigenvalue weighted by Gasteiger charge is -2.24. The number of rotatable bonds is 8. The van der Waals surface area contributed by atoms with Crippen LogP contribution in [-0.2, 0) is 25.5 Å². The minimum atomic E-state index is -4.07. The van der Waals surface area contributed by atoms with Crippen LogP contribution in [0.1, 0.15) is 24.2 Å². The van der Waals surface area contributed by atoms with Crippen LogP contribution in [-0.4, -0.2) is 33.3 Å². The Balaban J connectivity index is 1.82. The highest BCUT2D eigenvalue weighted by Gasteiger charge is 2.32. The third-order valence-electron chi connectivity index (χ3n) is 4.55. The fourth-order valence-corrected chi connectivity index (χ4v) is 4.96. The third-order valence-corrected chi connectivity index (χ3v) is 6.53. The predicted molar refractivity (Wildman–Crippen MR) is 125 cm³/mol. The molecule has 170 valence electrons. The van der Waals surface area contributed by atoms with Crippen molar-refractivity contribution >= 4 is 50.0 Å². The van der Waals surface area contributed by atoms with E-state index in [1.54, 1.807) is 12.1 Å². The number of ether oxygens (including phenoxy) is 1. The summed E-state index contributed by atoms with van der Waals surface area (Å²) >= 11 is 1.97. The number of benzene rings is 2. The number of amidine groups is 1. The zero-order chi connectivity index (χ0) is 23.5. The number of carbonyl (C=O) groups excluding carboxylic acids is 1. The van der Waals surface area contributed by atoms with Gasteiger partial charge in [0.05, 0.1) is 12.3 Å². The van der Waals surface area contributed by atoms with Crippen molar-refractivity contribution in [2.45, 2.75) is 23.8 Å². The van der Waals surface area contributed by atoms with Crippen LogP contribution < -0.4 is 10.6 Å². The summed E-state index contributed by atoms with van der Waals surface area (Å²) in [6.07, 6.45) is 0.535. The zero-order valence-electron chi connectivity index (χ0n) is 16.9. The van der Waals surface area contributed by atoms with Crippen LogP contribution in [0.5, 0.6) is 0 Å². The highest BCUT2D eigenvalue weighted by molar-refractivity contribution is 14.1. The first kappa shape index (κ1) is 24.3. The number of nitrogens with one attached hydrogen (secondary N) is 2. The van der Waals surface area contributed by atoms with E-state index in [-0.39, 0.29) is 34.9 Å². The number of alkyl halides is 2. The van der Waals surface area contributed by atoms with E-state index >= 15 is 0 Å². The maximum absolute atomic E-state index is 14.1. The number of nitrogens with zero attached hydrogens (tertiary/aromatic N) is 1. The minimum Gasteiger partial charge on any atom is -0.368 e. The van der Waals surface area contributed by atoms with Crippen molar-refractivity contribution in [1.82, 2.24) is 5.32 Å². The van der Waals surface area contributed by atoms with Crippen LogP contribution >= 0.6 is 22.6 Å². The molecule has 0 bridgehead atoms. The maximum Gasteiger partial charge on any atom is 0.288 e. The molecule has 2 N–H and O–H groups in total. The summed E-state index contributed by atoms with van der Waals surface area (Å²) in [7, 11) is -4.07. The molecule has 1 amide bonds. The highest BCUT2D eigenvalue weighted by Crippen LogP contribution is 2.34. The van der Waals surface area contributed by atoms with E-state index in [4.69, 9.17) is 4.74 Å². The molecule has 3 rings (SSSR count). The molecule has 7 nitrogen and oxygen atoms in total. The van der Waals surface area contributed by atoms with E-state index in [9.17, 15) is 22.0 Å². The van der Waals surface area contributed by atoms with Gasteiger partial charge in [0.25, 0.3) is 21.9 Å². The predicted octanol–water partition coefficient (Wildman–Crippen LogP) is 3.98. The smallest absolute Gasteiger partial charge is 0.288 e. The Morgan fingerprint density at radius 3 is 2.75 bits per heavy atom. The van der Waals surface area contributed by atoms with Crippen molar-refractivity contribution in [3.05, 3.63) is 69.8 Å². The standard InChI is InChI=1S/C21H20F2IN3O4S/c1-3-10-31-17(14-6-4-5-7-15(14)21(2,22)23)12-25-20(28)19-26-16-9-8-13(24)11-18(16)32(29,30)27-19/h3-9,11,17H,1,10,12H2,2H3,(H,25,28)(H,26,27). The van der Waals surface area contributed by atoms with Crippen LogP contribution in [0.3, 0.4) is 0 Å². The molecule has 1 aliphatic rings. The second kappa shape index (κ2) is 9.63. The fourth-order valence-electron chi connectivity index (χ4n) is 3.12. The van der Waals surface area contributed by atoms with E-state index in [1.807, 2.05) is 22.6 Å². The Hall–Kier alpha value is -2.38. The van der Waals surface area contributed by atoms with Crippen LogP contribution in [0, 0.1) is 3.57 Å². The average Bonchev–Trinajstić information content (AvgIpc) is 2.73. The van der Waals surface area contributed by atoms with Gasteiger partial charge >= 0.3 is 0 Å². The van der Waals surface area contributed by atoms with Crippen molar-refractivity contribution in [3.8, 4) is 0 Å². The monoisotopic (exact) mass is 575 g/mol. The number of anilines is 1. The number of halogens is 3. The van der Waals surface area contributed by atoms with Gasteiger partial charge in [-0.1, -0.05) is 30.3 Å². The topological polar surface area (TPSA) is 96.9 Å². The number of fused-ring (bicyclic) bond motifs is 1. The summed E-state index contributed by atoms with van der Waals surface area (Å²) < 4.78 is 63.0. The van der Waals surface area contributed by atoms with Gasteiger partial charge in [0, 0.05) is 22.6 Å². The summed E-state index contributed by atoms with van der Waals surface area (Å²) in [6.45, 7) is 4.19. The first-order valence-electron chi connectivity index (χ1n) is 9.42. The highest BCUT2D eigenvalue weighted by atomic mass is 127. The Bertz CT molecular complexity index is 1180. The van der Waals surface area contributed by atoms with Gasteiger partial charge in [-0.15, -0.1) is 11.0 Å². The number of amides is 1. The molecule has 11 heteroatoms. The van der Waals surface area contributed by atoms with Crippen LogP contribution in [0.25, 0.3) is 0 Å². The van der Waals surface area contributed by atoms with Crippen molar-refractivity contribution in [2.75, 3.05) is 18.5 Å². The molecule has 0 saturated heterocycles. The molecule has 0 spiro atoms. The lowest BCUT2D eigenvalue weighted by molar-refractivity contribution is -0.115. The quantitative estimate of drug-likeness (QED) is 0.367. The van der Waals surface area contributed by atoms with E-state index in [1.165, 1.54) is 36.4 Å². The number of hydrogen-bond acceptors (Lipinski definition) is 5. The minimum absolute atomic E-state index is 0.0350. The molecule has 2 aromatic carbocycles. The largest absolute Gasteiger partial charge is 0.368 e. The lowest BCUT2D eigenvalue weighted by atomic mass is 9.98. The van der Waals surface area contributed by atoms with Crippen LogP contribution in [0.2, 0.25) is 0 Å². The van der Waals surface area contributed by atoms with E-state index < -0.39 is 33.8 Å². The summed E-state index contributed by atoms with van der Waals surface area (Å²) in [5.74, 6) is -4.36. The van der Waals surface area contributed by atoms with Gasteiger partial charge in [-0.05, 0) is 46.4 Å². The van der Waals surface area contributed by atoms with Gasteiger partial charge in [-0.25, -0.2) is 8.78 Å². The van der Waals surface area contributed by atoms with Crippen molar-refractivity contribution in [1.29, 1.82) is 0 Å². The van der Waals surface area contributed by atoms with Gasteiger partial charge in [-0.3, -0.25) is 4.79 Å². The van der Waals surface area contributed by atoms with E-state index in [0.29, 0.717) is 3.57 Å². The zero-order valence-corrected chi connectivity index (χ0v) is 19.9. The number of carbonyl (C=O) groups is 1. The Morgan fingerprint density at radius 2 is 2.06 bits per heavy atom. The number of hydrogen-bond donors (Lipinski definition) is 2. The normalized spacial score (nSPS) is 15.7. The fraction of sp³-hybridized carbons (Fsp3) is 0.238. The van der Waals surface area contributed by atoms with E-state index in [2.05, 4.69) is 21.6 Å². The molecule has 1 atom stereocenters. The van der Waals surface area contributed by atoms with Gasteiger partial charge in [0.2, 0.25) is 5.84 Å². The van der Waals surface area contributed by atoms with Crippen molar-refractivity contribution < 1.29 is 26.7 Å². The Kier molecular flexibility index (Phi) is 7.30. The summed E-state index contributed by atoms with van der Waals surface area (Å²) in [4.78, 5) is 12.6. The lowest BCUT2D eigenvalue weighted by Crippen LogP contribution is -2.40. The number of sulfonamides is 1. The summed E-state index contributed by atoms with van der Waals surface area (Å²) in [5, 5.41) is 5.22. The SMILES string of the molecule is C=CCOC(CNC(=O)C1=NS(=O)(=O)c2cc(I)ccc2N1)c1ccccc1C(C)(F)F. The summed E-state index contributed by atoms with van der Waals surface area (Å²) in [5.41, 5.74) is 0.191. The molecule has 1 unspecified atom stereocenters. The van der Waals surface area contributed by atoms with Gasteiger partial charge in [0.15, 0.2) is 0 Å². The van der Waals surface area contributed by atoms with Crippen molar-refractivity contribution in [2.24, 2.45) is 4.40 Å². The molecule has 1 heterocycles. The second-order valence-electron chi connectivity index (χ2n) is 6.98. The van der Waals surface area contributed by atoms with Gasteiger partial charge in [-0.2, -0.15) is 8.42 Å².